The molecule has 0 aliphatic heterocycles. The highest BCUT2D eigenvalue weighted by Crippen LogP contribution is 2.24. The molecule has 8 nitrogen and oxygen atoms in total. The average Bonchev–Trinajstić information content (AvgIpc) is 2.85. The third kappa shape index (κ3) is 5.13. The molecule has 0 radical (unpaired) electrons. The quantitative estimate of drug-likeness (QED) is 0.279. The number of hydrazone groups is 1. The van der Waals surface area contributed by atoms with Crippen molar-refractivity contribution in [2.24, 2.45) is 5.10 Å². The van der Waals surface area contributed by atoms with Crippen molar-refractivity contribution in [2.75, 3.05) is 12.4 Å². The van der Waals surface area contributed by atoms with Crippen LogP contribution in [0.5, 0.6) is 11.5 Å². The van der Waals surface area contributed by atoms with Crippen LogP contribution in [-0.2, 0) is 0 Å². The van der Waals surface area contributed by atoms with Gasteiger partial charge >= 0.3 is 0 Å². The topological polar surface area (TPSA) is 113 Å². The second-order valence-corrected chi connectivity index (χ2v) is 7.57. The highest BCUT2D eigenvalue weighted by Gasteiger charge is 2.11. The molecule has 9 heteroatoms. The molecular formula is C25H19ClN4O4. The summed E-state index contributed by atoms with van der Waals surface area (Å²) in [6.07, 6.45) is 1.41. The summed E-state index contributed by atoms with van der Waals surface area (Å²) < 4.78 is 5.39. The van der Waals surface area contributed by atoms with Crippen molar-refractivity contribution in [1.29, 1.82) is 0 Å². The Balaban J connectivity index is 1.44. The van der Waals surface area contributed by atoms with Crippen LogP contribution in [-0.4, -0.2) is 35.2 Å². The number of phenolic OH excluding ortho intramolecular Hbond substituents is 1. The number of amides is 2. The molecule has 0 aliphatic carbocycles. The van der Waals surface area contributed by atoms with Gasteiger partial charge in [-0.2, -0.15) is 5.10 Å². The van der Waals surface area contributed by atoms with E-state index in [4.69, 9.17) is 16.3 Å². The summed E-state index contributed by atoms with van der Waals surface area (Å²) in [4.78, 5) is 29.2. The van der Waals surface area contributed by atoms with Gasteiger partial charge in [0.05, 0.1) is 23.9 Å². The number of pyridine rings is 1. The van der Waals surface area contributed by atoms with Crippen molar-refractivity contribution in [3.63, 3.8) is 0 Å². The van der Waals surface area contributed by atoms with E-state index in [2.05, 4.69) is 20.8 Å². The van der Waals surface area contributed by atoms with E-state index in [1.807, 2.05) is 30.3 Å². The maximum atomic E-state index is 12.7. The molecule has 1 heterocycles. The number of phenols is 1. The minimum absolute atomic E-state index is 0.0647. The number of fused-ring (bicyclic) bond motifs is 1. The monoisotopic (exact) mass is 474 g/mol. The van der Waals surface area contributed by atoms with Gasteiger partial charge in [0.2, 0.25) is 0 Å². The van der Waals surface area contributed by atoms with E-state index < -0.39 is 5.91 Å². The van der Waals surface area contributed by atoms with Gasteiger partial charge in [0.1, 0.15) is 17.2 Å². The summed E-state index contributed by atoms with van der Waals surface area (Å²) in [5.74, 6) is -0.525. The van der Waals surface area contributed by atoms with Gasteiger partial charge in [-0.3, -0.25) is 9.59 Å². The predicted molar refractivity (Wildman–Crippen MR) is 131 cm³/mol. The number of hydrogen-bond acceptors (Lipinski definition) is 6. The van der Waals surface area contributed by atoms with Crippen molar-refractivity contribution >= 4 is 46.2 Å². The SMILES string of the molecule is COc1cc(NC(=O)c2ccc3ccccc3n2)ccc1/C=N/NC(=O)c1ccc(O)c(Cl)c1. The molecule has 4 aromatic rings. The number of aromatic hydroxyl groups is 1. The Morgan fingerprint density at radius 1 is 1.03 bits per heavy atom. The molecular weight excluding hydrogens is 456 g/mol. The van der Waals surface area contributed by atoms with Gasteiger partial charge in [0, 0.05) is 28.3 Å². The molecule has 34 heavy (non-hydrogen) atoms. The molecule has 3 aromatic carbocycles. The van der Waals surface area contributed by atoms with Gasteiger partial charge in [-0.25, -0.2) is 10.4 Å². The van der Waals surface area contributed by atoms with Crippen LogP contribution < -0.4 is 15.5 Å². The first-order chi connectivity index (χ1) is 16.4. The number of nitrogens with one attached hydrogen (secondary N) is 2. The molecule has 1 aromatic heterocycles. The lowest BCUT2D eigenvalue weighted by Gasteiger charge is -2.10. The number of hydrogen-bond donors (Lipinski definition) is 3. The number of rotatable bonds is 6. The second kappa shape index (κ2) is 10.0. The highest BCUT2D eigenvalue weighted by atomic mass is 35.5. The Bertz CT molecular complexity index is 1420. The van der Waals surface area contributed by atoms with E-state index in [1.165, 1.54) is 31.5 Å². The normalized spacial score (nSPS) is 10.9. The van der Waals surface area contributed by atoms with Crippen LogP contribution in [0.15, 0.2) is 77.9 Å². The zero-order valence-corrected chi connectivity index (χ0v) is 18.7. The van der Waals surface area contributed by atoms with Crippen molar-refractivity contribution in [2.45, 2.75) is 0 Å². The van der Waals surface area contributed by atoms with Gasteiger partial charge in [0.15, 0.2) is 0 Å². The third-order valence-corrected chi connectivity index (χ3v) is 5.20. The molecule has 0 unspecified atom stereocenters. The number of para-hydroxylation sites is 1. The minimum Gasteiger partial charge on any atom is -0.506 e. The number of anilines is 1. The fourth-order valence-corrected chi connectivity index (χ4v) is 3.34. The molecule has 4 rings (SSSR count). The van der Waals surface area contributed by atoms with Crippen molar-refractivity contribution in [1.82, 2.24) is 10.4 Å². The maximum absolute atomic E-state index is 12.7. The zero-order chi connectivity index (χ0) is 24.1. The number of carbonyl (C=O) groups is 2. The van der Waals surface area contributed by atoms with Crippen molar-refractivity contribution < 1.29 is 19.4 Å². The molecule has 0 saturated heterocycles. The van der Waals surface area contributed by atoms with E-state index in [0.717, 1.165) is 10.9 Å². The molecule has 0 atom stereocenters. The molecule has 0 bridgehead atoms. The van der Waals surface area contributed by atoms with Crippen LogP contribution in [0.25, 0.3) is 10.9 Å². The average molecular weight is 475 g/mol. The first kappa shape index (κ1) is 22.8. The van der Waals surface area contributed by atoms with Crippen LogP contribution in [0.2, 0.25) is 5.02 Å². The highest BCUT2D eigenvalue weighted by molar-refractivity contribution is 6.32. The molecule has 2 amide bonds. The summed E-state index contributed by atoms with van der Waals surface area (Å²) in [6.45, 7) is 0. The number of methoxy groups -OCH3 is 1. The predicted octanol–water partition coefficient (Wildman–Crippen LogP) is 4.62. The summed E-state index contributed by atoms with van der Waals surface area (Å²) in [6, 6.07) is 20.2. The zero-order valence-electron chi connectivity index (χ0n) is 17.9. The Hall–Kier alpha value is -4.43. The number of nitrogens with zero attached hydrogens (tertiary/aromatic N) is 2. The van der Waals surface area contributed by atoms with Crippen LogP contribution in [0.4, 0.5) is 5.69 Å². The summed E-state index contributed by atoms with van der Waals surface area (Å²) in [7, 11) is 1.49. The maximum Gasteiger partial charge on any atom is 0.274 e. The fourth-order valence-electron chi connectivity index (χ4n) is 3.16. The van der Waals surface area contributed by atoms with Crippen molar-refractivity contribution in [3.8, 4) is 11.5 Å². The molecule has 0 aliphatic rings. The van der Waals surface area contributed by atoms with Gasteiger partial charge in [-0.15, -0.1) is 0 Å². The van der Waals surface area contributed by atoms with Gasteiger partial charge in [-0.05, 0) is 42.5 Å². The number of carbonyl (C=O) groups excluding carboxylic acids is 2. The number of aromatic nitrogens is 1. The number of ether oxygens (including phenoxy) is 1. The number of halogens is 1. The third-order valence-electron chi connectivity index (χ3n) is 4.90. The summed E-state index contributed by atoms with van der Waals surface area (Å²) >= 11 is 5.82. The van der Waals surface area contributed by atoms with Gasteiger partial charge < -0.3 is 15.2 Å². The summed E-state index contributed by atoms with van der Waals surface area (Å²) in [5, 5.41) is 17.2. The standard InChI is InChI=1S/C25H19ClN4O4/c1-34-23-13-18(28-25(33)21-10-7-15-4-2-3-5-20(15)29-21)9-6-17(23)14-27-30-24(32)16-8-11-22(31)19(26)12-16/h2-14,31H,1H3,(H,28,33)(H,30,32)/b27-14+. The summed E-state index contributed by atoms with van der Waals surface area (Å²) in [5.41, 5.74) is 4.74. The second-order valence-electron chi connectivity index (χ2n) is 7.17. The van der Waals surface area contributed by atoms with Gasteiger partial charge in [-0.1, -0.05) is 35.9 Å². The molecule has 170 valence electrons. The van der Waals surface area contributed by atoms with E-state index >= 15 is 0 Å². The molecule has 0 spiro atoms. The van der Waals surface area contributed by atoms with Crippen LogP contribution >= 0.6 is 11.6 Å². The van der Waals surface area contributed by atoms with Crippen LogP contribution in [0.3, 0.4) is 0 Å². The lowest BCUT2D eigenvalue weighted by atomic mass is 10.1. The minimum atomic E-state index is -0.496. The molecule has 3 N–H and O–H groups in total. The van der Waals surface area contributed by atoms with E-state index in [1.54, 1.807) is 24.3 Å². The van der Waals surface area contributed by atoms with Gasteiger partial charge in [0.25, 0.3) is 11.8 Å². The van der Waals surface area contributed by atoms with E-state index in [0.29, 0.717) is 22.7 Å². The fraction of sp³-hybridized carbons (Fsp3) is 0.0400. The van der Waals surface area contributed by atoms with Crippen LogP contribution in [0.1, 0.15) is 26.4 Å². The number of benzene rings is 3. The Labute approximate surface area is 199 Å². The lowest BCUT2D eigenvalue weighted by Crippen LogP contribution is -2.17. The Kier molecular flexibility index (Phi) is 6.70. The van der Waals surface area contributed by atoms with Crippen molar-refractivity contribution in [3.05, 3.63) is 94.6 Å². The largest absolute Gasteiger partial charge is 0.506 e. The van der Waals surface area contributed by atoms with E-state index in [9.17, 15) is 14.7 Å². The smallest absolute Gasteiger partial charge is 0.274 e. The van der Waals surface area contributed by atoms with E-state index in [-0.39, 0.29) is 22.2 Å². The Morgan fingerprint density at radius 3 is 2.65 bits per heavy atom. The molecule has 0 fully saturated rings. The molecule has 0 saturated carbocycles. The first-order valence-electron chi connectivity index (χ1n) is 10.1. The first-order valence-corrected chi connectivity index (χ1v) is 10.5. The lowest BCUT2D eigenvalue weighted by molar-refractivity contribution is 0.0954. The Morgan fingerprint density at radius 2 is 1.85 bits per heavy atom. The van der Waals surface area contributed by atoms with Crippen LogP contribution in [0, 0.1) is 0 Å².